The Hall–Kier alpha value is -1.87. The maximum Gasteiger partial charge on any atom is 0.335 e. The van der Waals surface area contributed by atoms with Crippen molar-refractivity contribution in [3.05, 3.63) is 59.2 Å². The molecule has 0 heterocycles. The van der Waals surface area contributed by atoms with Crippen LogP contribution in [0.1, 0.15) is 84.6 Å². The molecule has 0 radical (unpaired) electrons. The minimum atomic E-state index is -0.794. The van der Waals surface area contributed by atoms with E-state index in [9.17, 15) is 9.90 Å². The van der Waals surface area contributed by atoms with Crippen LogP contribution in [0.4, 0.5) is 0 Å². The molecule has 0 fully saturated rings. The van der Waals surface area contributed by atoms with Crippen molar-refractivity contribution in [3.63, 3.8) is 0 Å². The molecule has 3 heteroatoms. The Kier molecular flexibility index (Phi) is 9.84. The van der Waals surface area contributed by atoms with Crippen molar-refractivity contribution in [2.45, 2.75) is 91.6 Å². The van der Waals surface area contributed by atoms with Crippen molar-refractivity contribution in [1.29, 1.82) is 0 Å². The summed E-state index contributed by atoms with van der Waals surface area (Å²) in [7, 11) is 0. The third-order valence-electron chi connectivity index (χ3n) is 6.92. The molecule has 0 saturated heterocycles. The van der Waals surface area contributed by atoms with Crippen LogP contribution in [0.5, 0.6) is 0 Å². The average molecular weight is 412 g/mol. The van der Waals surface area contributed by atoms with Crippen molar-refractivity contribution in [1.82, 2.24) is 5.32 Å². The van der Waals surface area contributed by atoms with Gasteiger partial charge in [-0.15, -0.1) is 0 Å². The Labute approximate surface area is 183 Å². The quantitative estimate of drug-likeness (QED) is 0.347. The van der Waals surface area contributed by atoms with Crippen molar-refractivity contribution in [3.8, 4) is 0 Å². The fourth-order valence-corrected chi connectivity index (χ4v) is 4.89. The van der Waals surface area contributed by atoms with Crippen LogP contribution in [0.2, 0.25) is 0 Å². The number of benzene rings is 1. The van der Waals surface area contributed by atoms with Crippen LogP contribution >= 0.6 is 0 Å². The van der Waals surface area contributed by atoms with Crippen LogP contribution in [0.3, 0.4) is 0 Å². The first-order valence-electron chi connectivity index (χ1n) is 11.9. The van der Waals surface area contributed by atoms with Crippen molar-refractivity contribution in [2.75, 3.05) is 0 Å². The van der Waals surface area contributed by atoms with Crippen LogP contribution in [0, 0.1) is 11.3 Å². The Morgan fingerprint density at radius 3 is 2.40 bits per heavy atom. The second-order valence-corrected chi connectivity index (χ2v) is 8.86. The smallest absolute Gasteiger partial charge is 0.335 e. The lowest BCUT2D eigenvalue weighted by Gasteiger charge is -2.47. The molecule has 1 aliphatic carbocycles. The third-order valence-corrected chi connectivity index (χ3v) is 6.92. The zero-order valence-electron chi connectivity index (χ0n) is 19.4. The fraction of sp³-hybridized carbons (Fsp3) is 0.593. The van der Waals surface area contributed by atoms with Crippen LogP contribution in [0.25, 0.3) is 0 Å². The number of nitrogens with one attached hydrogen (secondary N) is 1. The van der Waals surface area contributed by atoms with Gasteiger partial charge in [-0.25, -0.2) is 4.79 Å². The minimum Gasteiger partial charge on any atom is -0.478 e. The van der Waals surface area contributed by atoms with E-state index < -0.39 is 5.97 Å². The van der Waals surface area contributed by atoms with E-state index in [1.54, 1.807) is 0 Å². The van der Waals surface area contributed by atoms with Crippen molar-refractivity contribution in [2.24, 2.45) is 11.3 Å². The van der Waals surface area contributed by atoms with Gasteiger partial charge in [-0.05, 0) is 36.3 Å². The highest BCUT2D eigenvalue weighted by atomic mass is 16.4. The van der Waals surface area contributed by atoms with Gasteiger partial charge in [0.15, 0.2) is 0 Å². The molecule has 0 aliphatic heterocycles. The molecule has 3 atom stereocenters. The molecule has 1 aromatic carbocycles. The van der Waals surface area contributed by atoms with Gasteiger partial charge in [0.25, 0.3) is 0 Å². The average Bonchev–Trinajstić information content (AvgIpc) is 2.76. The van der Waals surface area contributed by atoms with E-state index in [4.69, 9.17) is 0 Å². The molecule has 1 aromatic rings. The summed E-state index contributed by atoms with van der Waals surface area (Å²) in [6.07, 6.45) is 12.8. The summed E-state index contributed by atoms with van der Waals surface area (Å²) in [5, 5.41) is 13.8. The third kappa shape index (κ3) is 5.85. The number of rotatable bonds is 13. The molecule has 0 amide bonds. The summed E-state index contributed by atoms with van der Waals surface area (Å²) in [4.78, 5) is 12.1. The van der Waals surface area contributed by atoms with Crippen LogP contribution in [-0.2, 0) is 11.3 Å². The molecule has 30 heavy (non-hydrogen) atoms. The van der Waals surface area contributed by atoms with E-state index >= 15 is 0 Å². The Morgan fingerprint density at radius 2 is 1.80 bits per heavy atom. The first-order chi connectivity index (χ1) is 14.5. The second-order valence-electron chi connectivity index (χ2n) is 8.86. The molecule has 1 aliphatic rings. The normalized spacial score (nSPS) is 22.3. The van der Waals surface area contributed by atoms with E-state index in [2.05, 4.69) is 63.4 Å². The fourth-order valence-electron chi connectivity index (χ4n) is 4.89. The number of hydrogen-bond donors (Lipinski definition) is 2. The number of carboxylic acids is 1. The molecule has 0 bridgehead atoms. The van der Waals surface area contributed by atoms with Crippen molar-refractivity contribution < 1.29 is 9.90 Å². The summed E-state index contributed by atoms with van der Waals surface area (Å²) in [5.74, 6) is -0.317. The SMILES string of the molecule is CCCCCC1=C(C(=O)O)C=CC(CCCC)(C(C)CC)C1NCc1ccccc1. The lowest BCUT2D eigenvalue weighted by molar-refractivity contribution is -0.132. The largest absolute Gasteiger partial charge is 0.478 e. The molecule has 3 nitrogen and oxygen atoms in total. The van der Waals surface area contributed by atoms with Crippen LogP contribution < -0.4 is 5.32 Å². The predicted molar refractivity (Wildman–Crippen MR) is 126 cm³/mol. The van der Waals surface area contributed by atoms with E-state index in [0.717, 1.165) is 63.5 Å². The maximum atomic E-state index is 12.1. The van der Waals surface area contributed by atoms with E-state index in [-0.39, 0.29) is 11.5 Å². The Morgan fingerprint density at radius 1 is 1.10 bits per heavy atom. The number of carbonyl (C=O) groups is 1. The Balaban J connectivity index is 2.48. The van der Waals surface area contributed by atoms with E-state index in [1.165, 1.54) is 5.56 Å². The molecule has 3 unspecified atom stereocenters. The van der Waals surface area contributed by atoms with Gasteiger partial charge in [-0.2, -0.15) is 0 Å². The molecule has 0 spiro atoms. The zero-order chi connectivity index (χ0) is 22.0. The minimum absolute atomic E-state index is 0.0416. The number of hydrogen-bond acceptors (Lipinski definition) is 2. The van der Waals surface area contributed by atoms with Gasteiger partial charge in [0.05, 0.1) is 5.57 Å². The molecule has 2 rings (SSSR count). The summed E-state index contributed by atoms with van der Waals surface area (Å²) >= 11 is 0. The van der Waals surface area contributed by atoms with Gasteiger partial charge in [0.1, 0.15) is 0 Å². The van der Waals surface area contributed by atoms with Crippen molar-refractivity contribution >= 4 is 5.97 Å². The highest BCUT2D eigenvalue weighted by Crippen LogP contribution is 2.47. The zero-order valence-corrected chi connectivity index (χ0v) is 19.4. The lowest BCUT2D eigenvalue weighted by atomic mass is 9.61. The van der Waals surface area contributed by atoms with Gasteiger partial charge in [-0.1, -0.05) is 102 Å². The van der Waals surface area contributed by atoms with Gasteiger partial charge in [0.2, 0.25) is 0 Å². The second kappa shape index (κ2) is 12.1. The monoisotopic (exact) mass is 411 g/mol. The van der Waals surface area contributed by atoms with Gasteiger partial charge >= 0.3 is 5.97 Å². The lowest BCUT2D eigenvalue weighted by Crippen LogP contribution is -2.51. The molecular formula is C27H41NO2. The standard InChI is InChI=1S/C27H41NO2/c1-5-8-11-16-23-24(26(29)30)17-19-27(18-9-6-2,21(4)7-3)25(23)28-20-22-14-12-10-13-15-22/h10,12-15,17,19,21,25,28H,5-9,11,16,18,20H2,1-4H3,(H,29,30). The summed E-state index contributed by atoms with van der Waals surface area (Å²) in [6.45, 7) is 9.79. The maximum absolute atomic E-state index is 12.1. The topological polar surface area (TPSA) is 49.3 Å². The summed E-state index contributed by atoms with van der Waals surface area (Å²) in [6, 6.07) is 10.5. The first kappa shape index (κ1) is 24.4. The van der Waals surface area contributed by atoms with Gasteiger partial charge in [0, 0.05) is 18.0 Å². The molecule has 0 saturated carbocycles. The number of carboxylic acid groups (broad SMARTS) is 1. The van der Waals surface area contributed by atoms with Gasteiger partial charge < -0.3 is 10.4 Å². The molecule has 166 valence electrons. The molecule has 0 aromatic heterocycles. The van der Waals surface area contributed by atoms with E-state index in [0.29, 0.717) is 11.5 Å². The first-order valence-corrected chi connectivity index (χ1v) is 11.9. The van der Waals surface area contributed by atoms with E-state index in [1.807, 2.05) is 12.1 Å². The summed E-state index contributed by atoms with van der Waals surface area (Å²) in [5.41, 5.74) is 2.81. The van der Waals surface area contributed by atoms with Gasteiger partial charge in [-0.3, -0.25) is 0 Å². The van der Waals surface area contributed by atoms with Crippen LogP contribution in [0.15, 0.2) is 53.6 Å². The Bertz CT molecular complexity index is 722. The molecular weight excluding hydrogens is 370 g/mol. The predicted octanol–water partition coefficient (Wildman–Crippen LogP) is 6.90. The highest BCUT2D eigenvalue weighted by Gasteiger charge is 2.44. The summed E-state index contributed by atoms with van der Waals surface area (Å²) < 4.78 is 0. The molecule has 2 N–H and O–H groups in total. The highest BCUT2D eigenvalue weighted by molar-refractivity contribution is 5.91. The van der Waals surface area contributed by atoms with Crippen LogP contribution in [-0.4, -0.2) is 17.1 Å². The number of unbranched alkanes of at least 4 members (excludes halogenated alkanes) is 3. The number of aliphatic carboxylic acids is 1.